The molecule has 2 aromatic carbocycles. The highest BCUT2D eigenvalue weighted by Crippen LogP contribution is 2.34. The predicted octanol–water partition coefficient (Wildman–Crippen LogP) is 5.36. The Bertz CT molecular complexity index is 1130. The molecule has 0 aliphatic heterocycles. The molecule has 3 rings (SSSR count). The van der Waals surface area contributed by atoms with Gasteiger partial charge in [-0.25, -0.2) is 4.68 Å². The van der Waals surface area contributed by atoms with Gasteiger partial charge in [-0.2, -0.15) is 5.10 Å². The van der Waals surface area contributed by atoms with Crippen molar-refractivity contribution in [2.45, 2.75) is 13.8 Å². The standard InChI is InChI=1S/C22H22BrN3O2S/c1-14(2)11-24-22-26(19(13-29-22)17-7-5-15(3)6-8-17)25-12-16-9-18(23)21(27)20(10-16)28-4/h5-10,12-13,27H,1,11H2,2-4H3. The van der Waals surface area contributed by atoms with Crippen LogP contribution in [0, 0.1) is 6.92 Å². The van der Waals surface area contributed by atoms with Crippen LogP contribution in [0.2, 0.25) is 0 Å². The Morgan fingerprint density at radius 2 is 2.03 bits per heavy atom. The fourth-order valence-corrected chi connectivity index (χ4v) is 3.89. The summed E-state index contributed by atoms with van der Waals surface area (Å²) in [5.74, 6) is 0.437. The number of ether oxygens (including phenoxy) is 1. The van der Waals surface area contributed by atoms with E-state index in [4.69, 9.17) is 4.74 Å². The summed E-state index contributed by atoms with van der Waals surface area (Å²) in [6.07, 6.45) is 1.72. The quantitative estimate of drug-likeness (QED) is 0.388. The minimum absolute atomic E-state index is 0.0605. The number of methoxy groups -OCH3 is 1. The highest BCUT2D eigenvalue weighted by Gasteiger charge is 2.09. The van der Waals surface area contributed by atoms with Gasteiger partial charge in [0.15, 0.2) is 11.5 Å². The molecule has 0 fully saturated rings. The molecular weight excluding hydrogens is 450 g/mol. The summed E-state index contributed by atoms with van der Waals surface area (Å²) in [5.41, 5.74) is 4.98. The molecule has 0 spiro atoms. The van der Waals surface area contributed by atoms with Crippen LogP contribution >= 0.6 is 27.3 Å². The summed E-state index contributed by atoms with van der Waals surface area (Å²) in [6, 6.07) is 11.8. The Morgan fingerprint density at radius 3 is 2.69 bits per heavy atom. The molecule has 1 aromatic heterocycles. The van der Waals surface area contributed by atoms with Crippen LogP contribution in [0.25, 0.3) is 11.3 Å². The lowest BCUT2D eigenvalue weighted by atomic mass is 10.1. The van der Waals surface area contributed by atoms with Crippen LogP contribution in [0.5, 0.6) is 11.5 Å². The lowest BCUT2D eigenvalue weighted by Gasteiger charge is -2.07. The molecule has 0 saturated heterocycles. The molecule has 0 unspecified atom stereocenters. The van der Waals surface area contributed by atoms with Crippen molar-refractivity contribution in [3.63, 3.8) is 0 Å². The van der Waals surface area contributed by atoms with E-state index in [1.54, 1.807) is 18.3 Å². The predicted molar refractivity (Wildman–Crippen MR) is 123 cm³/mol. The number of hydrogen-bond donors (Lipinski definition) is 1. The largest absolute Gasteiger partial charge is 0.503 e. The molecule has 1 N–H and O–H groups in total. The smallest absolute Gasteiger partial charge is 0.206 e. The van der Waals surface area contributed by atoms with Crippen LogP contribution < -0.4 is 9.54 Å². The van der Waals surface area contributed by atoms with Gasteiger partial charge in [-0.1, -0.05) is 42.0 Å². The highest BCUT2D eigenvalue weighted by atomic mass is 79.9. The second-order valence-electron chi connectivity index (χ2n) is 6.65. The first-order chi connectivity index (χ1) is 13.9. The van der Waals surface area contributed by atoms with E-state index < -0.39 is 0 Å². The minimum atomic E-state index is 0.0605. The number of phenolic OH excluding ortho intramolecular Hbond substituents is 1. The Hall–Kier alpha value is -2.64. The zero-order chi connectivity index (χ0) is 21.0. The summed E-state index contributed by atoms with van der Waals surface area (Å²) in [4.78, 5) is 5.42. The zero-order valence-electron chi connectivity index (χ0n) is 16.5. The molecule has 7 heteroatoms. The molecule has 1 heterocycles. The third-order valence-corrected chi connectivity index (χ3v) is 5.57. The summed E-state index contributed by atoms with van der Waals surface area (Å²) in [7, 11) is 1.51. The number of aromatic nitrogens is 1. The van der Waals surface area contributed by atoms with Gasteiger partial charge in [-0.05, 0) is 47.5 Å². The topological polar surface area (TPSA) is 59.1 Å². The lowest BCUT2D eigenvalue weighted by molar-refractivity contribution is 0.372. The van der Waals surface area contributed by atoms with Gasteiger partial charge in [-0.3, -0.25) is 4.99 Å². The maximum atomic E-state index is 10.0. The van der Waals surface area contributed by atoms with E-state index >= 15 is 0 Å². The van der Waals surface area contributed by atoms with Gasteiger partial charge in [0.25, 0.3) is 0 Å². The summed E-state index contributed by atoms with van der Waals surface area (Å²) in [6.45, 7) is 8.48. The number of aromatic hydroxyl groups is 1. The number of thiazole rings is 1. The summed E-state index contributed by atoms with van der Waals surface area (Å²) in [5, 5.41) is 16.7. The van der Waals surface area contributed by atoms with Gasteiger partial charge >= 0.3 is 0 Å². The number of benzene rings is 2. The van der Waals surface area contributed by atoms with E-state index in [1.165, 1.54) is 24.0 Å². The minimum Gasteiger partial charge on any atom is -0.503 e. The van der Waals surface area contributed by atoms with Gasteiger partial charge in [0.2, 0.25) is 4.80 Å². The van der Waals surface area contributed by atoms with Gasteiger partial charge in [0, 0.05) is 10.9 Å². The first kappa shape index (κ1) is 21.1. The highest BCUT2D eigenvalue weighted by molar-refractivity contribution is 9.10. The number of hydrogen-bond acceptors (Lipinski definition) is 5. The fraction of sp³-hybridized carbons (Fsp3) is 0.182. The number of halogens is 1. The van der Waals surface area contributed by atoms with Crippen LogP contribution in [0.15, 0.2) is 68.5 Å². The van der Waals surface area contributed by atoms with Crippen LogP contribution in [0.1, 0.15) is 18.1 Å². The molecule has 150 valence electrons. The molecule has 5 nitrogen and oxygen atoms in total. The van der Waals surface area contributed by atoms with E-state index in [1.807, 2.05) is 17.0 Å². The third kappa shape index (κ3) is 5.05. The molecule has 29 heavy (non-hydrogen) atoms. The third-order valence-electron chi connectivity index (χ3n) is 4.11. The normalized spacial score (nSPS) is 11.9. The maximum Gasteiger partial charge on any atom is 0.206 e. The number of aryl methyl sites for hydroxylation is 1. The Morgan fingerprint density at radius 1 is 1.31 bits per heavy atom. The Balaban J connectivity index is 2.09. The maximum absolute atomic E-state index is 10.0. The lowest BCUT2D eigenvalue weighted by Crippen LogP contribution is -2.13. The van der Waals surface area contributed by atoms with E-state index in [9.17, 15) is 5.11 Å². The van der Waals surface area contributed by atoms with Gasteiger partial charge < -0.3 is 9.84 Å². The van der Waals surface area contributed by atoms with Crippen molar-refractivity contribution >= 4 is 33.5 Å². The molecule has 3 aromatic rings. The van der Waals surface area contributed by atoms with Crippen molar-refractivity contribution in [1.82, 2.24) is 4.68 Å². The average molecular weight is 472 g/mol. The first-order valence-electron chi connectivity index (χ1n) is 8.92. The molecular formula is C22H22BrN3O2S. The molecule has 0 aliphatic carbocycles. The van der Waals surface area contributed by atoms with Crippen LogP contribution in [-0.2, 0) is 0 Å². The van der Waals surface area contributed by atoms with Crippen molar-refractivity contribution in [3.8, 4) is 22.8 Å². The van der Waals surface area contributed by atoms with Gasteiger partial charge in [0.05, 0.1) is 30.0 Å². The van der Waals surface area contributed by atoms with Crippen molar-refractivity contribution < 1.29 is 9.84 Å². The Kier molecular flexibility index (Phi) is 6.71. The second-order valence-corrected chi connectivity index (χ2v) is 8.34. The molecule has 0 bridgehead atoms. The van der Waals surface area contributed by atoms with Crippen LogP contribution in [0.4, 0.5) is 0 Å². The average Bonchev–Trinajstić information content (AvgIpc) is 3.10. The monoisotopic (exact) mass is 471 g/mol. The number of phenols is 1. The number of nitrogens with zero attached hydrogens (tertiary/aromatic N) is 3. The van der Waals surface area contributed by atoms with E-state index in [0.29, 0.717) is 16.8 Å². The second kappa shape index (κ2) is 9.24. The SMILES string of the molecule is C=C(C)CN=c1scc(-c2ccc(C)cc2)n1N=Cc1cc(Br)c(O)c(OC)c1. The van der Waals surface area contributed by atoms with Crippen LogP contribution in [0.3, 0.4) is 0 Å². The first-order valence-corrected chi connectivity index (χ1v) is 10.6. The fourth-order valence-electron chi connectivity index (χ4n) is 2.59. The summed E-state index contributed by atoms with van der Waals surface area (Å²) < 4.78 is 7.59. The Labute approximate surface area is 182 Å². The van der Waals surface area contributed by atoms with Crippen molar-refractivity contribution in [1.29, 1.82) is 0 Å². The molecule has 0 aliphatic rings. The number of rotatable bonds is 6. The van der Waals surface area contributed by atoms with Crippen molar-refractivity contribution in [2.24, 2.45) is 10.1 Å². The molecule has 0 radical (unpaired) electrons. The summed E-state index contributed by atoms with van der Waals surface area (Å²) >= 11 is 4.88. The van der Waals surface area contributed by atoms with Crippen molar-refractivity contribution in [2.75, 3.05) is 13.7 Å². The van der Waals surface area contributed by atoms with Gasteiger partial charge in [-0.15, -0.1) is 11.3 Å². The van der Waals surface area contributed by atoms with E-state index in [-0.39, 0.29) is 5.75 Å². The van der Waals surface area contributed by atoms with Gasteiger partial charge in [0.1, 0.15) is 0 Å². The van der Waals surface area contributed by atoms with Crippen LogP contribution in [-0.4, -0.2) is 29.7 Å². The van der Waals surface area contributed by atoms with E-state index in [0.717, 1.165) is 27.2 Å². The zero-order valence-corrected chi connectivity index (χ0v) is 18.9. The van der Waals surface area contributed by atoms with Crippen molar-refractivity contribution in [3.05, 3.63) is 74.3 Å². The molecule has 0 atom stereocenters. The van der Waals surface area contributed by atoms with E-state index in [2.05, 4.69) is 63.8 Å². The molecule has 0 saturated carbocycles. The molecule has 0 amide bonds.